The first-order chi connectivity index (χ1) is 7.90. The van der Waals surface area contributed by atoms with Crippen LogP contribution >= 0.6 is 0 Å². The van der Waals surface area contributed by atoms with Gasteiger partial charge in [-0.3, -0.25) is 4.98 Å². The monoisotopic (exact) mass is 213 g/mol. The van der Waals surface area contributed by atoms with Gasteiger partial charge in [-0.2, -0.15) is 0 Å². The van der Waals surface area contributed by atoms with Crippen molar-refractivity contribution >= 4 is 10.9 Å². The molecule has 0 N–H and O–H groups in total. The fraction of sp³-hybridized carbons (Fsp3) is 0.400. The lowest BCUT2D eigenvalue weighted by molar-refractivity contribution is 0.667. The molecule has 0 aliphatic heterocycles. The van der Waals surface area contributed by atoms with E-state index in [9.17, 15) is 0 Å². The minimum absolute atomic E-state index is 1.10. The van der Waals surface area contributed by atoms with E-state index in [0.717, 1.165) is 5.52 Å². The number of aryl methyl sites for hydroxylation is 1. The van der Waals surface area contributed by atoms with Gasteiger partial charge < -0.3 is 0 Å². The van der Waals surface area contributed by atoms with Crippen LogP contribution in [-0.2, 0) is 6.42 Å². The van der Waals surface area contributed by atoms with Crippen molar-refractivity contribution < 1.29 is 0 Å². The fourth-order valence-corrected chi connectivity index (χ4v) is 2.04. The van der Waals surface area contributed by atoms with E-state index < -0.39 is 0 Å². The third-order valence-electron chi connectivity index (χ3n) is 2.99. The van der Waals surface area contributed by atoms with E-state index in [1.54, 1.807) is 0 Å². The number of unbranched alkanes of at least 4 members (excludes halogenated alkanes) is 3. The number of aromatic nitrogens is 1. The standard InChI is InChI=1S/C15H19N/c1-2-3-4-5-7-13-9-10-15-14(12-13)8-6-11-16-15/h6,8-12H,2-5,7H2,1H3. The highest BCUT2D eigenvalue weighted by Gasteiger charge is 1.97. The van der Waals surface area contributed by atoms with Gasteiger partial charge in [0.15, 0.2) is 0 Å². The molecule has 0 radical (unpaired) electrons. The maximum atomic E-state index is 4.33. The van der Waals surface area contributed by atoms with Gasteiger partial charge in [0.25, 0.3) is 0 Å². The maximum Gasteiger partial charge on any atom is 0.0702 e. The minimum Gasteiger partial charge on any atom is -0.256 e. The first kappa shape index (κ1) is 11.1. The van der Waals surface area contributed by atoms with E-state index in [0.29, 0.717) is 0 Å². The van der Waals surface area contributed by atoms with Crippen molar-refractivity contribution in [1.82, 2.24) is 4.98 Å². The third-order valence-corrected chi connectivity index (χ3v) is 2.99. The topological polar surface area (TPSA) is 12.9 Å². The highest BCUT2D eigenvalue weighted by Crippen LogP contribution is 2.15. The average Bonchev–Trinajstić information content (AvgIpc) is 2.34. The van der Waals surface area contributed by atoms with Crippen molar-refractivity contribution in [3.8, 4) is 0 Å². The largest absolute Gasteiger partial charge is 0.256 e. The van der Waals surface area contributed by atoms with Crippen LogP contribution in [0.15, 0.2) is 36.5 Å². The van der Waals surface area contributed by atoms with E-state index in [4.69, 9.17) is 0 Å². The molecule has 0 saturated heterocycles. The van der Waals surface area contributed by atoms with Crippen LogP contribution in [0.3, 0.4) is 0 Å². The van der Waals surface area contributed by atoms with Gasteiger partial charge in [0, 0.05) is 11.6 Å². The molecule has 2 aromatic rings. The molecule has 0 spiro atoms. The second-order valence-electron chi connectivity index (χ2n) is 4.34. The smallest absolute Gasteiger partial charge is 0.0702 e. The van der Waals surface area contributed by atoms with E-state index >= 15 is 0 Å². The molecule has 0 fully saturated rings. The Bertz CT molecular complexity index is 448. The van der Waals surface area contributed by atoms with Gasteiger partial charge in [-0.25, -0.2) is 0 Å². The molecule has 0 saturated carbocycles. The molecular weight excluding hydrogens is 194 g/mol. The van der Waals surface area contributed by atoms with Gasteiger partial charge in [0.2, 0.25) is 0 Å². The molecule has 1 aromatic heterocycles. The Morgan fingerprint density at radius 2 is 2.00 bits per heavy atom. The highest BCUT2D eigenvalue weighted by atomic mass is 14.6. The number of hydrogen-bond acceptors (Lipinski definition) is 1. The Balaban J connectivity index is 2.02. The fourth-order valence-electron chi connectivity index (χ4n) is 2.04. The molecule has 2 rings (SSSR count). The Morgan fingerprint density at radius 3 is 2.88 bits per heavy atom. The first-order valence-electron chi connectivity index (χ1n) is 6.24. The molecule has 0 aliphatic rings. The highest BCUT2D eigenvalue weighted by molar-refractivity contribution is 5.78. The lowest BCUT2D eigenvalue weighted by Crippen LogP contribution is -1.87. The second-order valence-corrected chi connectivity index (χ2v) is 4.34. The molecule has 0 amide bonds. The number of nitrogens with zero attached hydrogens (tertiary/aromatic N) is 1. The van der Waals surface area contributed by atoms with Crippen molar-refractivity contribution in [3.63, 3.8) is 0 Å². The Hall–Kier alpha value is -1.37. The van der Waals surface area contributed by atoms with Crippen LogP contribution in [0.2, 0.25) is 0 Å². The van der Waals surface area contributed by atoms with Gasteiger partial charge in [0.1, 0.15) is 0 Å². The number of fused-ring (bicyclic) bond motifs is 1. The number of rotatable bonds is 5. The van der Waals surface area contributed by atoms with Crippen LogP contribution in [0.1, 0.15) is 38.2 Å². The lowest BCUT2D eigenvalue weighted by atomic mass is 10.0. The molecule has 1 heteroatoms. The normalized spacial score (nSPS) is 10.8. The summed E-state index contributed by atoms with van der Waals surface area (Å²) in [4.78, 5) is 4.33. The van der Waals surface area contributed by atoms with Crippen LogP contribution < -0.4 is 0 Å². The lowest BCUT2D eigenvalue weighted by Gasteiger charge is -2.03. The zero-order valence-corrected chi connectivity index (χ0v) is 9.95. The first-order valence-corrected chi connectivity index (χ1v) is 6.24. The molecule has 0 unspecified atom stereocenters. The zero-order valence-electron chi connectivity index (χ0n) is 9.95. The Labute approximate surface area is 97.5 Å². The summed E-state index contributed by atoms with van der Waals surface area (Å²) in [6.45, 7) is 2.25. The van der Waals surface area contributed by atoms with Gasteiger partial charge in [-0.15, -0.1) is 0 Å². The third kappa shape index (κ3) is 2.82. The summed E-state index contributed by atoms with van der Waals surface area (Å²) in [6.07, 6.45) is 8.37. The van der Waals surface area contributed by atoms with Crippen molar-refractivity contribution in [2.24, 2.45) is 0 Å². The Morgan fingerprint density at radius 1 is 1.06 bits per heavy atom. The number of benzene rings is 1. The SMILES string of the molecule is CCCCCCc1ccc2ncccc2c1. The summed E-state index contributed by atoms with van der Waals surface area (Å²) in [6, 6.07) is 10.8. The summed E-state index contributed by atoms with van der Waals surface area (Å²) in [5, 5.41) is 1.26. The summed E-state index contributed by atoms with van der Waals surface area (Å²) < 4.78 is 0. The molecule has 0 aliphatic carbocycles. The number of hydrogen-bond donors (Lipinski definition) is 0. The molecule has 84 valence electrons. The summed E-state index contributed by atoms with van der Waals surface area (Å²) in [7, 11) is 0. The van der Waals surface area contributed by atoms with Crippen LogP contribution in [0.4, 0.5) is 0 Å². The molecule has 1 aromatic carbocycles. The van der Waals surface area contributed by atoms with Crippen molar-refractivity contribution in [3.05, 3.63) is 42.1 Å². The molecule has 16 heavy (non-hydrogen) atoms. The van der Waals surface area contributed by atoms with Crippen LogP contribution in [0.5, 0.6) is 0 Å². The van der Waals surface area contributed by atoms with E-state index in [1.165, 1.54) is 43.1 Å². The molecule has 1 heterocycles. The summed E-state index contributed by atoms with van der Waals surface area (Å²) in [5.74, 6) is 0. The van der Waals surface area contributed by atoms with E-state index in [2.05, 4.69) is 36.2 Å². The van der Waals surface area contributed by atoms with Crippen LogP contribution in [-0.4, -0.2) is 4.98 Å². The average molecular weight is 213 g/mol. The van der Waals surface area contributed by atoms with E-state index in [1.807, 2.05) is 12.3 Å². The van der Waals surface area contributed by atoms with Gasteiger partial charge in [0.05, 0.1) is 5.52 Å². The van der Waals surface area contributed by atoms with Crippen molar-refractivity contribution in [2.45, 2.75) is 39.0 Å². The maximum absolute atomic E-state index is 4.33. The predicted molar refractivity (Wildman–Crippen MR) is 69.6 cm³/mol. The van der Waals surface area contributed by atoms with Crippen LogP contribution in [0.25, 0.3) is 10.9 Å². The van der Waals surface area contributed by atoms with Gasteiger partial charge in [-0.1, -0.05) is 38.3 Å². The van der Waals surface area contributed by atoms with Crippen LogP contribution in [0, 0.1) is 0 Å². The molecule has 0 atom stereocenters. The Kier molecular flexibility index (Phi) is 3.92. The summed E-state index contributed by atoms with van der Waals surface area (Å²) >= 11 is 0. The van der Waals surface area contributed by atoms with Crippen molar-refractivity contribution in [2.75, 3.05) is 0 Å². The molecule has 0 bridgehead atoms. The van der Waals surface area contributed by atoms with Crippen molar-refractivity contribution in [1.29, 1.82) is 0 Å². The second kappa shape index (κ2) is 5.64. The molecule has 1 nitrogen and oxygen atoms in total. The minimum atomic E-state index is 1.10. The van der Waals surface area contributed by atoms with Gasteiger partial charge >= 0.3 is 0 Å². The van der Waals surface area contributed by atoms with Gasteiger partial charge in [-0.05, 0) is 36.6 Å². The quantitative estimate of drug-likeness (QED) is 0.672. The predicted octanol–water partition coefficient (Wildman–Crippen LogP) is 4.36. The van der Waals surface area contributed by atoms with E-state index in [-0.39, 0.29) is 0 Å². The summed E-state index contributed by atoms with van der Waals surface area (Å²) in [5.41, 5.74) is 2.54. The zero-order chi connectivity index (χ0) is 11.2. The molecular formula is C15H19N. The number of pyridine rings is 1.